The fourth-order valence-corrected chi connectivity index (χ4v) is 3.97. The van der Waals surface area contributed by atoms with Gasteiger partial charge in [-0.3, -0.25) is 9.59 Å². The van der Waals surface area contributed by atoms with Crippen LogP contribution in [-0.4, -0.2) is 27.9 Å². The van der Waals surface area contributed by atoms with Crippen LogP contribution >= 0.6 is 0 Å². The summed E-state index contributed by atoms with van der Waals surface area (Å²) in [5, 5.41) is 19.4. The van der Waals surface area contributed by atoms with Crippen molar-refractivity contribution < 1.29 is 24.5 Å². The van der Waals surface area contributed by atoms with E-state index in [0.717, 1.165) is 5.56 Å². The number of carbonyl (C=O) groups is 1. The molecule has 0 amide bonds. The Morgan fingerprint density at radius 2 is 1.84 bits per heavy atom. The topological polar surface area (TPSA) is 98.0 Å². The van der Waals surface area contributed by atoms with Crippen molar-refractivity contribution in [3.8, 4) is 23.0 Å². The van der Waals surface area contributed by atoms with Gasteiger partial charge in [0, 0.05) is 24.2 Å². The number of hydrogen-bond donors (Lipinski definition) is 2. The first kappa shape index (κ1) is 20.5. The van der Waals surface area contributed by atoms with Gasteiger partial charge in [0.05, 0.1) is 19.1 Å². The number of fused-ring (bicyclic) bond motifs is 1. The van der Waals surface area contributed by atoms with E-state index in [1.54, 1.807) is 41.8 Å². The number of esters is 1. The highest BCUT2D eigenvalue weighted by Crippen LogP contribution is 2.39. The van der Waals surface area contributed by atoms with Crippen molar-refractivity contribution in [2.75, 3.05) is 7.11 Å². The summed E-state index contributed by atoms with van der Waals surface area (Å²) < 4.78 is 12.3. The molecular formula is C24H23NO6. The lowest BCUT2D eigenvalue weighted by Gasteiger charge is -2.26. The number of phenolic OH excluding ortho intramolecular Hbond substituents is 2. The third-order valence-corrected chi connectivity index (χ3v) is 5.62. The molecule has 0 unspecified atom stereocenters. The van der Waals surface area contributed by atoms with Gasteiger partial charge in [0.2, 0.25) is 0 Å². The maximum absolute atomic E-state index is 13.5. The molecule has 0 spiro atoms. The first-order valence-corrected chi connectivity index (χ1v) is 9.97. The molecule has 0 bridgehead atoms. The van der Waals surface area contributed by atoms with Crippen molar-refractivity contribution >= 4 is 5.97 Å². The Kier molecular flexibility index (Phi) is 5.42. The van der Waals surface area contributed by atoms with Gasteiger partial charge in [0.1, 0.15) is 11.5 Å². The van der Waals surface area contributed by atoms with Crippen LogP contribution in [0.25, 0.3) is 0 Å². The maximum atomic E-state index is 13.5. The molecule has 4 rings (SSSR count). The molecule has 3 aromatic rings. The highest BCUT2D eigenvalue weighted by molar-refractivity contribution is 5.77. The summed E-state index contributed by atoms with van der Waals surface area (Å²) in [6, 6.07) is 13.4. The van der Waals surface area contributed by atoms with E-state index in [1.807, 2.05) is 12.1 Å². The van der Waals surface area contributed by atoms with Gasteiger partial charge in [-0.2, -0.15) is 0 Å². The molecule has 1 aliphatic heterocycles. The van der Waals surface area contributed by atoms with Gasteiger partial charge in [-0.25, -0.2) is 0 Å². The first-order valence-electron chi connectivity index (χ1n) is 9.97. The summed E-state index contributed by atoms with van der Waals surface area (Å²) in [5.74, 6) is -0.182. The van der Waals surface area contributed by atoms with E-state index in [2.05, 4.69) is 0 Å². The van der Waals surface area contributed by atoms with Gasteiger partial charge < -0.3 is 24.3 Å². The smallest absolute Gasteiger partial charge is 0.312 e. The number of methoxy groups -OCH3 is 1. The van der Waals surface area contributed by atoms with E-state index in [1.165, 1.54) is 13.2 Å². The van der Waals surface area contributed by atoms with Crippen LogP contribution in [0.15, 0.2) is 53.3 Å². The molecule has 2 heterocycles. The normalized spacial score (nSPS) is 15.3. The lowest BCUT2D eigenvalue weighted by molar-refractivity contribution is -0.135. The summed E-state index contributed by atoms with van der Waals surface area (Å²) in [4.78, 5) is 25.7. The molecule has 1 aromatic heterocycles. The summed E-state index contributed by atoms with van der Waals surface area (Å²) in [7, 11) is 1.45. The van der Waals surface area contributed by atoms with Gasteiger partial charge in [0.15, 0.2) is 11.5 Å². The van der Waals surface area contributed by atoms with Crippen LogP contribution in [0.2, 0.25) is 0 Å². The zero-order valence-corrected chi connectivity index (χ0v) is 17.3. The van der Waals surface area contributed by atoms with Crippen LogP contribution in [0.4, 0.5) is 0 Å². The van der Waals surface area contributed by atoms with Crippen LogP contribution in [-0.2, 0) is 17.8 Å². The standard InChI is InChI=1S/C24H23NO6/c1-14-11-21-23(24(29)25(14)10-9-15-3-6-17(26)7-4-15)18(13-22(28)31-21)16-5-8-19(27)20(12-16)30-2/h3-8,11-12,18,26-27H,9-10,13H2,1-2H3/t18-/m1/s1. The number of pyridine rings is 1. The molecule has 1 aliphatic rings. The summed E-state index contributed by atoms with van der Waals surface area (Å²) >= 11 is 0. The number of aromatic nitrogens is 1. The lowest BCUT2D eigenvalue weighted by atomic mass is 9.86. The zero-order valence-electron chi connectivity index (χ0n) is 17.3. The Morgan fingerprint density at radius 1 is 1.10 bits per heavy atom. The fraction of sp³-hybridized carbons (Fsp3) is 0.250. The number of hydrogen-bond acceptors (Lipinski definition) is 6. The molecule has 0 saturated carbocycles. The second-order valence-corrected chi connectivity index (χ2v) is 7.60. The van der Waals surface area contributed by atoms with Crippen LogP contribution < -0.4 is 15.0 Å². The third kappa shape index (κ3) is 3.99. The molecule has 0 radical (unpaired) electrons. The minimum atomic E-state index is -0.501. The Labute approximate surface area is 179 Å². The van der Waals surface area contributed by atoms with Gasteiger partial charge in [-0.05, 0) is 48.7 Å². The van der Waals surface area contributed by atoms with Crippen molar-refractivity contribution in [3.63, 3.8) is 0 Å². The quantitative estimate of drug-likeness (QED) is 0.614. The van der Waals surface area contributed by atoms with Gasteiger partial charge in [-0.1, -0.05) is 18.2 Å². The average Bonchev–Trinajstić information content (AvgIpc) is 2.74. The van der Waals surface area contributed by atoms with E-state index in [-0.39, 0.29) is 35.0 Å². The average molecular weight is 421 g/mol. The van der Waals surface area contributed by atoms with Crippen molar-refractivity contribution in [1.82, 2.24) is 4.57 Å². The molecular weight excluding hydrogens is 398 g/mol. The number of carbonyl (C=O) groups excluding carboxylic acids is 1. The Bertz CT molecular complexity index is 1200. The summed E-state index contributed by atoms with van der Waals surface area (Å²) in [6.07, 6.45) is 0.633. The second kappa shape index (κ2) is 8.18. The molecule has 7 heteroatoms. The molecule has 0 fully saturated rings. The van der Waals surface area contributed by atoms with Gasteiger partial charge in [0.25, 0.3) is 5.56 Å². The van der Waals surface area contributed by atoms with Crippen LogP contribution in [0.5, 0.6) is 23.0 Å². The summed E-state index contributed by atoms with van der Waals surface area (Å²) in [6.45, 7) is 2.25. The number of nitrogens with zero attached hydrogens (tertiary/aromatic N) is 1. The predicted octanol–water partition coefficient (Wildman–Crippen LogP) is 3.26. The van der Waals surface area contributed by atoms with E-state index >= 15 is 0 Å². The van der Waals surface area contributed by atoms with Gasteiger partial charge >= 0.3 is 5.97 Å². The van der Waals surface area contributed by atoms with E-state index in [4.69, 9.17) is 9.47 Å². The van der Waals surface area contributed by atoms with Crippen LogP contribution in [0, 0.1) is 6.92 Å². The third-order valence-electron chi connectivity index (χ3n) is 5.62. The Hall–Kier alpha value is -3.74. The molecule has 2 aromatic carbocycles. The minimum absolute atomic E-state index is 0.0138. The SMILES string of the molecule is COc1cc([C@H]2CC(=O)Oc3cc(C)n(CCc4ccc(O)cc4)c(=O)c32)ccc1O. The van der Waals surface area contributed by atoms with E-state index < -0.39 is 11.9 Å². The van der Waals surface area contributed by atoms with E-state index in [0.29, 0.717) is 29.8 Å². The molecule has 0 saturated heterocycles. The largest absolute Gasteiger partial charge is 0.508 e. The van der Waals surface area contributed by atoms with Crippen molar-refractivity contribution in [2.45, 2.75) is 32.2 Å². The van der Waals surface area contributed by atoms with Gasteiger partial charge in [-0.15, -0.1) is 0 Å². The Morgan fingerprint density at radius 3 is 2.55 bits per heavy atom. The minimum Gasteiger partial charge on any atom is -0.508 e. The Balaban J connectivity index is 1.75. The predicted molar refractivity (Wildman–Crippen MR) is 114 cm³/mol. The number of aryl methyl sites for hydroxylation is 2. The molecule has 7 nitrogen and oxygen atoms in total. The van der Waals surface area contributed by atoms with Crippen molar-refractivity contribution in [1.29, 1.82) is 0 Å². The highest BCUT2D eigenvalue weighted by Gasteiger charge is 2.33. The number of ether oxygens (including phenoxy) is 2. The summed E-state index contributed by atoms with van der Waals surface area (Å²) in [5.41, 5.74) is 2.59. The zero-order chi connectivity index (χ0) is 22.1. The monoisotopic (exact) mass is 421 g/mol. The number of benzene rings is 2. The molecule has 0 aliphatic carbocycles. The van der Waals surface area contributed by atoms with Crippen LogP contribution in [0.3, 0.4) is 0 Å². The van der Waals surface area contributed by atoms with E-state index in [9.17, 15) is 19.8 Å². The van der Waals surface area contributed by atoms with Crippen LogP contribution in [0.1, 0.15) is 34.7 Å². The molecule has 160 valence electrons. The molecule has 1 atom stereocenters. The van der Waals surface area contributed by atoms with Crippen molar-refractivity contribution in [2.24, 2.45) is 0 Å². The number of phenols is 2. The molecule has 2 N–H and O–H groups in total. The maximum Gasteiger partial charge on any atom is 0.312 e. The lowest BCUT2D eigenvalue weighted by Crippen LogP contribution is -2.33. The first-order chi connectivity index (χ1) is 14.9. The molecule has 31 heavy (non-hydrogen) atoms. The fourth-order valence-electron chi connectivity index (χ4n) is 3.97. The second-order valence-electron chi connectivity index (χ2n) is 7.60. The van der Waals surface area contributed by atoms with Crippen molar-refractivity contribution in [3.05, 3.63) is 81.3 Å². The number of rotatable bonds is 5. The number of aromatic hydroxyl groups is 2. The highest BCUT2D eigenvalue weighted by atomic mass is 16.5.